The zero-order valence-corrected chi connectivity index (χ0v) is 32.4. The summed E-state index contributed by atoms with van der Waals surface area (Å²) in [5, 5.41) is 16.2. The van der Waals surface area contributed by atoms with E-state index in [4.69, 9.17) is 4.74 Å². The van der Waals surface area contributed by atoms with E-state index < -0.39 is 5.97 Å². The second kappa shape index (κ2) is 13.3. The van der Waals surface area contributed by atoms with Gasteiger partial charge in [-0.1, -0.05) is 65.0 Å². The lowest BCUT2D eigenvalue weighted by Gasteiger charge is -2.72. The maximum Gasteiger partial charge on any atom is 0.407 e. The first kappa shape index (κ1) is 36.7. The molecule has 280 valence electrons. The Bertz CT molecular complexity index is 1550. The number of fused-ring (bicyclic) bond motifs is 7. The van der Waals surface area contributed by atoms with Gasteiger partial charge in [-0.2, -0.15) is 0 Å². The molecule has 1 aromatic rings. The van der Waals surface area contributed by atoms with Gasteiger partial charge in [-0.25, -0.2) is 9.59 Å². The van der Waals surface area contributed by atoms with Crippen LogP contribution in [0.2, 0.25) is 0 Å². The van der Waals surface area contributed by atoms with Gasteiger partial charge in [0.1, 0.15) is 6.61 Å². The Morgan fingerprint density at radius 1 is 0.941 bits per heavy atom. The van der Waals surface area contributed by atoms with Crippen LogP contribution in [0.5, 0.6) is 0 Å². The molecule has 1 heterocycles. The topological polar surface area (TPSA) is 90.9 Å². The van der Waals surface area contributed by atoms with Crippen molar-refractivity contribution in [3.8, 4) is 0 Å². The van der Waals surface area contributed by atoms with E-state index in [1.54, 1.807) is 12.1 Å². The second-order valence-electron chi connectivity index (χ2n) is 19.1. The van der Waals surface area contributed by atoms with Crippen LogP contribution in [0, 0.1) is 56.7 Å². The lowest BCUT2D eigenvalue weighted by molar-refractivity contribution is -0.225. The fourth-order valence-corrected chi connectivity index (χ4v) is 14.0. The van der Waals surface area contributed by atoms with Gasteiger partial charge >= 0.3 is 12.1 Å². The Hall–Kier alpha value is -2.64. The van der Waals surface area contributed by atoms with Gasteiger partial charge in [0.25, 0.3) is 0 Å². The Morgan fingerprint density at radius 2 is 1.67 bits per heavy atom. The van der Waals surface area contributed by atoms with Gasteiger partial charge in [0, 0.05) is 39.3 Å². The number of benzene rings is 1. The summed E-state index contributed by atoms with van der Waals surface area (Å²) in [7, 11) is 0. The highest BCUT2D eigenvalue weighted by atomic mass is 16.5. The maximum absolute atomic E-state index is 13.1. The van der Waals surface area contributed by atoms with Crippen molar-refractivity contribution in [1.82, 2.24) is 15.5 Å². The number of hydrogen-bond acceptors (Lipinski definition) is 5. The summed E-state index contributed by atoms with van der Waals surface area (Å²) in [6.07, 6.45) is 13.1. The number of ether oxygens (including phenoxy) is 1. The number of amides is 1. The number of nitrogens with one attached hydrogen (secondary N) is 2. The summed E-state index contributed by atoms with van der Waals surface area (Å²) < 4.78 is 5.74. The fraction of sp³-hybridized carbons (Fsp3) is 0.727. The number of carbonyl (C=O) groups is 2. The zero-order chi connectivity index (χ0) is 36.4. The Balaban J connectivity index is 1.11. The van der Waals surface area contributed by atoms with Crippen molar-refractivity contribution in [2.75, 3.05) is 45.9 Å². The third-order valence-corrected chi connectivity index (χ3v) is 16.7. The number of alkyl carbamates (subject to hydrolysis) is 1. The lowest BCUT2D eigenvalue weighted by atomic mass is 9.32. The summed E-state index contributed by atoms with van der Waals surface area (Å²) in [6, 6.07) is 7.57. The molecule has 51 heavy (non-hydrogen) atoms. The monoisotopic (exact) mass is 699 g/mol. The van der Waals surface area contributed by atoms with Gasteiger partial charge in [-0.3, -0.25) is 4.90 Å². The molecule has 1 amide bonds. The number of piperazine rings is 1. The van der Waals surface area contributed by atoms with Gasteiger partial charge < -0.3 is 20.5 Å². The lowest BCUT2D eigenvalue weighted by Crippen LogP contribution is -2.66. The number of rotatable bonds is 8. The molecule has 6 aliphatic rings. The summed E-state index contributed by atoms with van der Waals surface area (Å²) in [4.78, 5) is 27.0. The van der Waals surface area contributed by atoms with Crippen molar-refractivity contribution in [1.29, 1.82) is 0 Å². The van der Waals surface area contributed by atoms with E-state index in [-0.39, 0.29) is 33.2 Å². The number of nitrogens with zero attached hydrogens (tertiary/aromatic N) is 1. The number of allylic oxidation sites excluding steroid dienone is 3. The minimum Gasteiger partial charge on any atom is -0.478 e. The SMILES string of the molecule is C=C(C)C1CCC2(CNC(=O)OCCN3CCNCC3)CCC3(C)C(CCC4C5(C)CC=C(c6ccc(C(=O)O)cc6)C(C)(C)C5CCC43C)C12. The quantitative estimate of drug-likeness (QED) is 0.235. The standard InChI is InChI=1S/C44H65N3O4/c1-29(2)32-14-19-44(28-46-39(50)51-27-26-47-24-22-45-23-25-47)21-20-42(6)34(37(32)44)12-13-36-41(5)17-15-33(30-8-10-31(11-9-30)38(48)49)40(3,4)35(41)16-18-43(36,42)7/h8-11,15,32,34-37,45H,1,12-14,16-28H2,2-7H3,(H,46,50)(H,48,49). The van der Waals surface area contributed by atoms with Crippen LogP contribution in [0.1, 0.15) is 115 Å². The number of hydrogen-bond donors (Lipinski definition) is 3. The van der Waals surface area contributed by atoms with Crippen molar-refractivity contribution in [2.45, 2.75) is 99.3 Å². The molecule has 5 aliphatic carbocycles. The van der Waals surface area contributed by atoms with Crippen LogP contribution in [0.3, 0.4) is 0 Å². The molecule has 1 saturated heterocycles. The molecule has 9 unspecified atom stereocenters. The molecule has 0 radical (unpaired) electrons. The highest BCUT2D eigenvalue weighted by Gasteiger charge is 2.70. The van der Waals surface area contributed by atoms with E-state index in [1.165, 1.54) is 61.7 Å². The number of carboxylic acids is 1. The largest absolute Gasteiger partial charge is 0.478 e. The van der Waals surface area contributed by atoms with Crippen molar-refractivity contribution >= 4 is 17.6 Å². The van der Waals surface area contributed by atoms with Gasteiger partial charge in [-0.15, -0.1) is 0 Å². The summed E-state index contributed by atoms with van der Waals surface area (Å²) in [5.41, 5.74) is 5.04. The van der Waals surface area contributed by atoms with Crippen LogP contribution >= 0.6 is 0 Å². The Morgan fingerprint density at radius 3 is 2.35 bits per heavy atom. The molecule has 0 bridgehead atoms. The zero-order valence-electron chi connectivity index (χ0n) is 32.4. The highest BCUT2D eigenvalue weighted by Crippen LogP contribution is 2.77. The van der Waals surface area contributed by atoms with E-state index in [1.807, 2.05) is 12.1 Å². The van der Waals surface area contributed by atoms with Gasteiger partial charge in [0.05, 0.1) is 5.56 Å². The fourth-order valence-electron chi connectivity index (χ4n) is 14.0. The third kappa shape index (κ3) is 5.91. The van der Waals surface area contributed by atoms with E-state index in [9.17, 15) is 14.7 Å². The number of aromatic carboxylic acids is 1. The van der Waals surface area contributed by atoms with E-state index >= 15 is 0 Å². The first-order chi connectivity index (χ1) is 24.2. The van der Waals surface area contributed by atoms with E-state index in [2.05, 4.69) is 69.7 Å². The second-order valence-corrected chi connectivity index (χ2v) is 19.1. The molecule has 7 nitrogen and oxygen atoms in total. The van der Waals surface area contributed by atoms with Gasteiger partial charge in [-0.05, 0) is 145 Å². The predicted octanol–water partition coefficient (Wildman–Crippen LogP) is 8.67. The van der Waals surface area contributed by atoms with Gasteiger partial charge in [0.15, 0.2) is 0 Å². The molecule has 5 fully saturated rings. The van der Waals surface area contributed by atoms with E-state index in [0.717, 1.165) is 52.1 Å². The number of carbonyl (C=O) groups excluding carboxylic acids is 1. The highest BCUT2D eigenvalue weighted by molar-refractivity contribution is 5.88. The molecule has 1 aromatic carbocycles. The Labute approximate surface area is 307 Å². The molecule has 4 saturated carbocycles. The van der Waals surface area contributed by atoms with Crippen LogP contribution in [0.15, 0.2) is 42.5 Å². The van der Waals surface area contributed by atoms with Crippen molar-refractivity contribution in [3.63, 3.8) is 0 Å². The molecule has 0 spiro atoms. The first-order valence-electron chi connectivity index (χ1n) is 20.2. The minimum absolute atomic E-state index is 0.000304. The molecule has 7 heteroatoms. The van der Waals surface area contributed by atoms with Crippen LogP contribution < -0.4 is 10.6 Å². The van der Waals surface area contributed by atoms with Crippen molar-refractivity contribution in [3.05, 3.63) is 53.6 Å². The maximum atomic E-state index is 13.1. The van der Waals surface area contributed by atoms with Crippen LogP contribution in [0.4, 0.5) is 4.79 Å². The summed E-state index contributed by atoms with van der Waals surface area (Å²) in [6.45, 7) is 25.7. The normalized spacial score (nSPS) is 40.1. The van der Waals surface area contributed by atoms with Crippen LogP contribution in [0.25, 0.3) is 5.57 Å². The molecule has 0 aromatic heterocycles. The van der Waals surface area contributed by atoms with Crippen LogP contribution in [-0.2, 0) is 4.74 Å². The summed E-state index contributed by atoms with van der Waals surface area (Å²) >= 11 is 0. The Kier molecular flexibility index (Phi) is 9.60. The van der Waals surface area contributed by atoms with Crippen molar-refractivity contribution in [2.24, 2.45) is 56.7 Å². The number of carboxylic acid groups (broad SMARTS) is 1. The average Bonchev–Trinajstić information content (AvgIpc) is 3.48. The minimum atomic E-state index is -0.871. The predicted molar refractivity (Wildman–Crippen MR) is 204 cm³/mol. The molecule has 9 atom stereocenters. The van der Waals surface area contributed by atoms with Crippen LogP contribution in [-0.4, -0.2) is 67.9 Å². The van der Waals surface area contributed by atoms with E-state index in [0.29, 0.717) is 41.8 Å². The molecule has 7 rings (SSSR count). The smallest absolute Gasteiger partial charge is 0.407 e. The molecular formula is C44H65N3O4. The summed E-state index contributed by atoms with van der Waals surface area (Å²) in [5.74, 6) is 2.03. The molecule has 1 aliphatic heterocycles. The first-order valence-corrected chi connectivity index (χ1v) is 20.2. The van der Waals surface area contributed by atoms with Gasteiger partial charge in [0.2, 0.25) is 0 Å². The average molecular weight is 700 g/mol. The molecular weight excluding hydrogens is 635 g/mol. The third-order valence-electron chi connectivity index (χ3n) is 16.7. The molecule has 3 N–H and O–H groups in total. The van der Waals surface area contributed by atoms with Crippen molar-refractivity contribution < 1.29 is 19.4 Å².